The summed E-state index contributed by atoms with van der Waals surface area (Å²) in [5.74, 6) is 0.726. The molecule has 1 unspecified atom stereocenters. The van der Waals surface area contributed by atoms with E-state index in [1.54, 1.807) is 29.6 Å². The predicted molar refractivity (Wildman–Crippen MR) is 115 cm³/mol. The number of aliphatic imine (C=N–C) groups is 1. The van der Waals surface area contributed by atoms with Gasteiger partial charge in [0, 0.05) is 42.9 Å². The molecule has 3 N–H and O–H groups in total. The summed E-state index contributed by atoms with van der Waals surface area (Å²) in [5, 5.41) is 22.5. The Bertz CT molecular complexity index is 720. The smallest absolute Gasteiger partial charge is 0.191 e. The standard InChI is InChI=1S/C19H29N5OS2/c1-3-20-17(22-14-19(2,25)16-7-6-12-26-16)21-9-8-15-13-27-18(23-15)24-10-4-5-11-24/h6-7,12-13,25H,3-5,8-11,14H2,1-2H3,(H2,20,21,22). The number of nitrogens with zero attached hydrogens (tertiary/aromatic N) is 3. The summed E-state index contributed by atoms with van der Waals surface area (Å²) < 4.78 is 0. The fourth-order valence-corrected chi connectivity index (χ4v) is 4.70. The predicted octanol–water partition coefficient (Wildman–Crippen LogP) is 2.81. The van der Waals surface area contributed by atoms with Crippen LogP contribution in [0.15, 0.2) is 27.9 Å². The zero-order valence-electron chi connectivity index (χ0n) is 16.1. The number of anilines is 1. The molecule has 0 saturated carbocycles. The highest BCUT2D eigenvalue weighted by Gasteiger charge is 2.24. The SMILES string of the molecule is CCNC(=NCC(C)(O)c1cccs1)NCCc1csc(N2CCCC2)n1. The van der Waals surface area contributed by atoms with Gasteiger partial charge in [0.25, 0.3) is 0 Å². The molecule has 6 nitrogen and oxygen atoms in total. The Labute approximate surface area is 169 Å². The van der Waals surface area contributed by atoms with Gasteiger partial charge >= 0.3 is 0 Å². The molecule has 1 saturated heterocycles. The van der Waals surface area contributed by atoms with Gasteiger partial charge in [-0.15, -0.1) is 22.7 Å². The van der Waals surface area contributed by atoms with Gasteiger partial charge in [-0.2, -0.15) is 0 Å². The molecule has 1 fully saturated rings. The van der Waals surface area contributed by atoms with E-state index >= 15 is 0 Å². The minimum Gasteiger partial charge on any atom is -0.383 e. The van der Waals surface area contributed by atoms with Crippen molar-refractivity contribution in [1.82, 2.24) is 15.6 Å². The topological polar surface area (TPSA) is 72.8 Å². The van der Waals surface area contributed by atoms with Crippen molar-refractivity contribution in [3.05, 3.63) is 33.5 Å². The molecule has 0 amide bonds. The van der Waals surface area contributed by atoms with E-state index in [1.165, 1.54) is 12.8 Å². The van der Waals surface area contributed by atoms with Crippen LogP contribution in [0.4, 0.5) is 5.13 Å². The zero-order valence-corrected chi connectivity index (χ0v) is 17.7. The Morgan fingerprint density at radius 2 is 2.15 bits per heavy atom. The van der Waals surface area contributed by atoms with Gasteiger partial charge in [-0.1, -0.05) is 6.07 Å². The maximum atomic E-state index is 10.6. The van der Waals surface area contributed by atoms with Crippen molar-refractivity contribution in [1.29, 1.82) is 0 Å². The van der Waals surface area contributed by atoms with Crippen LogP contribution >= 0.6 is 22.7 Å². The molecule has 1 aliphatic heterocycles. The number of thiazole rings is 1. The lowest BCUT2D eigenvalue weighted by molar-refractivity contribution is 0.0711. The molecular formula is C19H29N5OS2. The Hall–Kier alpha value is -1.64. The number of nitrogens with one attached hydrogen (secondary N) is 2. The van der Waals surface area contributed by atoms with Crippen LogP contribution in [0.25, 0.3) is 0 Å². The van der Waals surface area contributed by atoms with Gasteiger partial charge in [0.2, 0.25) is 0 Å². The van der Waals surface area contributed by atoms with Crippen molar-refractivity contribution < 1.29 is 5.11 Å². The van der Waals surface area contributed by atoms with Gasteiger partial charge in [0.15, 0.2) is 11.1 Å². The van der Waals surface area contributed by atoms with Crippen LogP contribution in [-0.4, -0.2) is 48.8 Å². The Balaban J connectivity index is 1.50. The van der Waals surface area contributed by atoms with Gasteiger partial charge in [-0.3, -0.25) is 0 Å². The fourth-order valence-electron chi connectivity index (χ4n) is 3.01. The molecule has 2 aromatic rings. The van der Waals surface area contributed by atoms with Crippen molar-refractivity contribution in [3.8, 4) is 0 Å². The second kappa shape index (κ2) is 9.52. The lowest BCUT2D eigenvalue weighted by Crippen LogP contribution is -2.39. The van der Waals surface area contributed by atoms with Gasteiger partial charge in [0.05, 0.1) is 12.2 Å². The van der Waals surface area contributed by atoms with Crippen LogP contribution in [0.1, 0.15) is 37.3 Å². The van der Waals surface area contributed by atoms with E-state index in [4.69, 9.17) is 4.98 Å². The Kier molecular flexibility index (Phi) is 7.09. The van der Waals surface area contributed by atoms with E-state index in [0.717, 1.165) is 54.3 Å². The molecule has 2 aromatic heterocycles. The van der Waals surface area contributed by atoms with Crippen LogP contribution in [0, 0.1) is 0 Å². The summed E-state index contributed by atoms with van der Waals surface area (Å²) >= 11 is 3.29. The zero-order chi connectivity index (χ0) is 19.1. The first-order valence-corrected chi connectivity index (χ1v) is 11.3. The number of hydrogen-bond donors (Lipinski definition) is 3. The number of thiophene rings is 1. The van der Waals surface area contributed by atoms with E-state index < -0.39 is 5.60 Å². The van der Waals surface area contributed by atoms with Crippen molar-refractivity contribution in [2.24, 2.45) is 4.99 Å². The van der Waals surface area contributed by atoms with E-state index in [0.29, 0.717) is 6.54 Å². The normalized spacial score (nSPS) is 17.1. The van der Waals surface area contributed by atoms with Crippen LogP contribution in [-0.2, 0) is 12.0 Å². The summed E-state index contributed by atoms with van der Waals surface area (Å²) in [6, 6.07) is 3.90. The van der Waals surface area contributed by atoms with Gasteiger partial charge in [-0.25, -0.2) is 9.98 Å². The molecule has 0 aromatic carbocycles. The summed E-state index contributed by atoms with van der Waals surface area (Å²) in [5.41, 5.74) is 0.173. The third kappa shape index (κ3) is 5.67. The van der Waals surface area contributed by atoms with Crippen LogP contribution in [0.2, 0.25) is 0 Å². The van der Waals surface area contributed by atoms with E-state index in [2.05, 4.69) is 25.9 Å². The molecule has 1 aliphatic rings. The number of aliphatic hydroxyl groups is 1. The second-order valence-corrected chi connectivity index (χ2v) is 8.72. The van der Waals surface area contributed by atoms with Crippen molar-refractivity contribution >= 4 is 33.8 Å². The highest BCUT2D eigenvalue weighted by molar-refractivity contribution is 7.13. The maximum Gasteiger partial charge on any atom is 0.191 e. The molecule has 0 radical (unpaired) electrons. The maximum absolute atomic E-state index is 10.6. The average Bonchev–Trinajstić information content (AvgIpc) is 3.41. The first-order chi connectivity index (χ1) is 13.1. The first-order valence-electron chi connectivity index (χ1n) is 9.56. The van der Waals surface area contributed by atoms with Crippen molar-refractivity contribution in [2.75, 3.05) is 37.6 Å². The van der Waals surface area contributed by atoms with Crippen LogP contribution in [0.5, 0.6) is 0 Å². The fraction of sp³-hybridized carbons (Fsp3) is 0.579. The van der Waals surface area contributed by atoms with E-state index in [9.17, 15) is 5.11 Å². The van der Waals surface area contributed by atoms with Crippen LogP contribution in [0.3, 0.4) is 0 Å². The number of guanidine groups is 1. The quantitative estimate of drug-likeness (QED) is 0.464. The highest BCUT2D eigenvalue weighted by atomic mass is 32.1. The third-order valence-electron chi connectivity index (χ3n) is 4.53. The summed E-state index contributed by atoms with van der Waals surface area (Å²) in [4.78, 5) is 12.6. The monoisotopic (exact) mass is 407 g/mol. The Morgan fingerprint density at radius 3 is 2.85 bits per heavy atom. The first kappa shape index (κ1) is 20.1. The molecule has 3 rings (SSSR count). The molecule has 0 spiro atoms. The molecule has 3 heterocycles. The highest BCUT2D eigenvalue weighted by Crippen LogP contribution is 2.26. The number of aromatic nitrogens is 1. The van der Waals surface area contributed by atoms with Gasteiger partial charge in [0.1, 0.15) is 5.60 Å². The largest absolute Gasteiger partial charge is 0.383 e. The second-order valence-electron chi connectivity index (χ2n) is 6.94. The average molecular weight is 408 g/mol. The van der Waals surface area contributed by atoms with Gasteiger partial charge < -0.3 is 20.6 Å². The molecule has 1 atom stereocenters. The lowest BCUT2D eigenvalue weighted by atomic mass is 10.1. The lowest BCUT2D eigenvalue weighted by Gasteiger charge is -2.20. The molecule has 148 valence electrons. The molecule has 8 heteroatoms. The van der Waals surface area contributed by atoms with Gasteiger partial charge in [-0.05, 0) is 38.1 Å². The minimum absolute atomic E-state index is 0.318. The third-order valence-corrected chi connectivity index (χ3v) is 6.60. The Morgan fingerprint density at radius 1 is 1.33 bits per heavy atom. The summed E-state index contributed by atoms with van der Waals surface area (Å²) in [6.45, 7) is 7.97. The van der Waals surface area contributed by atoms with Crippen LogP contribution < -0.4 is 15.5 Å². The van der Waals surface area contributed by atoms with Crippen molar-refractivity contribution in [3.63, 3.8) is 0 Å². The number of hydrogen-bond acceptors (Lipinski definition) is 6. The summed E-state index contributed by atoms with van der Waals surface area (Å²) in [6.07, 6.45) is 3.40. The molecular weight excluding hydrogens is 378 g/mol. The van der Waals surface area contributed by atoms with E-state index in [1.807, 2.05) is 24.4 Å². The number of rotatable bonds is 8. The molecule has 0 aliphatic carbocycles. The molecule has 27 heavy (non-hydrogen) atoms. The minimum atomic E-state index is -0.948. The van der Waals surface area contributed by atoms with E-state index in [-0.39, 0.29) is 0 Å². The van der Waals surface area contributed by atoms with Crippen molar-refractivity contribution in [2.45, 2.75) is 38.7 Å². The molecule has 0 bridgehead atoms. The summed E-state index contributed by atoms with van der Waals surface area (Å²) in [7, 11) is 0.